The number of H-pyrrole nitrogens is 1. The molecule has 0 unspecified atom stereocenters. The lowest BCUT2D eigenvalue weighted by Gasteiger charge is -2.03. The highest BCUT2D eigenvalue weighted by atomic mass is 16.5. The van der Waals surface area contributed by atoms with Gasteiger partial charge in [0, 0.05) is 5.39 Å². The zero-order valence-corrected chi connectivity index (χ0v) is 13.1. The molecule has 1 amide bonds. The van der Waals surface area contributed by atoms with Gasteiger partial charge in [-0.2, -0.15) is 10.2 Å². The van der Waals surface area contributed by atoms with Gasteiger partial charge in [0.2, 0.25) is 5.91 Å². The molecule has 24 heavy (non-hydrogen) atoms. The number of hydrazone groups is 1. The summed E-state index contributed by atoms with van der Waals surface area (Å²) in [5.74, 6) is 0.945. The second kappa shape index (κ2) is 6.82. The lowest BCUT2D eigenvalue weighted by molar-refractivity contribution is -0.120. The van der Waals surface area contributed by atoms with Gasteiger partial charge < -0.3 is 10.5 Å². The van der Waals surface area contributed by atoms with Gasteiger partial charge in [-0.3, -0.25) is 9.89 Å². The van der Waals surface area contributed by atoms with Crippen molar-refractivity contribution >= 4 is 28.8 Å². The van der Waals surface area contributed by atoms with Crippen molar-refractivity contribution in [2.75, 3.05) is 12.8 Å². The van der Waals surface area contributed by atoms with Crippen molar-refractivity contribution in [2.24, 2.45) is 5.10 Å². The highest BCUT2D eigenvalue weighted by Crippen LogP contribution is 2.18. The topological polar surface area (TPSA) is 105 Å². The van der Waals surface area contributed by atoms with Crippen molar-refractivity contribution in [3.63, 3.8) is 0 Å². The third kappa shape index (κ3) is 3.52. The van der Waals surface area contributed by atoms with Crippen LogP contribution in [-0.2, 0) is 11.2 Å². The molecule has 3 aromatic rings. The van der Waals surface area contributed by atoms with Crippen molar-refractivity contribution in [1.82, 2.24) is 15.6 Å². The number of nitrogen functional groups attached to an aromatic ring is 1. The number of benzene rings is 2. The van der Waals surface area contributed by atoms with Gasteiger partial charge in [-0.25, -0.2) is 5.43 Å². The van der Waals surface area contributed by atoms with E-state index < -0.39 is 0 Å². The minimum absolute atomic E-state index is 0.205. The molecule has 0 aliphatic rings. The maximum atomic E-state index is 11.9. The van der Waals surface area contributed by atoms with Crippen LogP contribution < -0.4 is 15.9 Å². The molecule has 4 N–H and O–H groups in total. The third-order valence-electron chi connectivity index (χ3n) is 3.52. The zero-order chi connectivity index (χ0) is 16.9. The number of nitrogens with two attached hydrogens (primary N) is 1. The minimum atomic E-state index is -0.205. The molecular weight excluding hydrogens is 306 g/mol. The molecule has 0 saturated carbocycles. The smallest absolute Gasteiger partial charge is 0.244 e. The number of aromatic nitrogens is 2. The molecule has 0 bridgehead atoms. The Bertz CT molecular complexity index is 901. The fourth-order valence-corrected chi connectivity index (χ4v) is 2.32. The van der Waals surface area contributed by atoms with Crippen LogP contribution in [0.5, 0.6) is 5.75 Å². The predicted molar refractivity (Wildman–Crippen MR) is 92.9 cm³/mol. The number of ether oxygens (including phenoxy) is 1. The van der Waals surface area contributed by atoms with Gasteiger partial charge >= 0.3 is 0 Å². The van der Waals surface area contributed by atoms with E-state index in [1.165, 1.54) is 0 Å². The normalized spacial score (nSPS) is 11.0. The van der Waals surface area contributed by atoms with Crippen molar-refractivity contribution < 1.29 is 9.53 Å². The van der Waals surface area contributed by atoms with Gasteiger partial charge in [-0.1, -0.05) is 18.2 Å². The predicted octanol–water partition coefficient (Wildman–Crippen LogP) is 1.85. The molecule has 1 aromatic heterocycles. The standard InChI is InChI=1S/C17H17N5O2/c1-24-13-4-2-3-11(7-13)9-16(23)21-19-10-12-5-6-15-14(8-12)17(18)22-20-15/h2-8,10H,9H2,1H3,(H,21,23)(H3,18,20,22)/b19-10+. The fourth-order valence-electron chi connectivity index (χ4n) is 2.32. The quantitative estimate of drug-likeness (QED) is 0.492. The van der Waals surface area contributed by atoms with E-state index >= 15 is 0 Å². The second-order valence-corrected chi connectivity index (χ2v) is 5.24. The molecule has 2 aromatic carbocycles. The van der Waals surface area contributed by atoms with Crippen LogP contribution in [0.4, 0.5) is 5.82 Å². The summed E-state index contributed by atoms with van der Waals surface area (Å²) in [5.41, 5.74) is 10.8. The highest BCUT2D eigenvalue weighted by molar-refractivity contribution is 5.94. The summed E-state index contributed by atoms with van der Waals surface area (Å²) < 4.78 is 5.13. The van der Waals surface area contributed by atoms with Gasteiger partial charge in [0.15, 0.2) is 5.82 Å². The molecule has 0 fully saturated rings. The second-order valence-electron chi connectivity index (χ2n) is 5.24. The summed E-state index contributed by atoms with van der Waals surface area (Å²) in [4.78, 5) is 11.9. The Morgan fingerprint density at radius 3 is 3.08 bits per heavy atom. The van der Waals surface area contributed by atoms with Gasteiger partial charge in [0.1, 0.15) is 5.75 Å². The summed E-state index contributed by atoms with van der Waals surface area (Å²) in [6.07, 6.45) is 1.79. The van der Waals surface area contributed by atoms with Crippen LogP contribution in [0.2, 0.25) is 0 Å². The fraction of sp³-hybridized carbons (Fsp3) is 0.118. The lowest BCUT2D eigenvalue weighted by Crippen LogP contribution is -2.19. The van der Waals surface area contributed by atoms with E-state index in [-0.39, 0.29) is 12.3 Å². The maximum absolute atomic E-state index is 11.9. The van der Waals surface area contributed by atoms with Gasteiger partial charge in [0.05, 0.1) is 25.3 Å². The zero-order valence-electron chi connectivity index (χ0n) is 13.1. The van der Waals surface area contributed by atoms with Crippen molar-refractivity contribution in [3.05, 3.63) is 53.6 Å². The molecule has 0 aliphatic carbocycles. The molecule has 7 nitrogen and oxygen atoms in total. The Morgan fingerprint density at radius 1 is 1.38 bits per heavy atom. The van der Waals surface area contributed by atoms with E-state index in [4.69, 9.17) is 10.5 Å². The number of fused-ring (bicyclic) bond motifs is 1. The third-order valence-corrected chi connectivity index (χ3v) is 3.52. The van der Waals surface area contributed by atoms with Crippen LogP contribution in [0.3, 0.4) is 0 Å². The number of hydrogen-bond donors (Lipinski definition) is 3. The first kappa shape index (κ1) is 15.5. The minimum Gasteiger partial charge on any atom is -0.497 e. The molecule has 7 heteroatoms. The van der Waals surface area contributed by atoms with Crippen LogP contribution in [0.1, 0.15) is 11.1 Å². The number of carbonyl (C=O) groups is 1. The number of methoxy groups -OCH3 is 1. The molecular formula is C17H17N5O2. The van der Waals surface area contributed by atoms with Crippen molar-refractivity contribution in [3.8, 4) is 5.75 Å². The number of hydrogen-bond acceptors (Lipinski definition) is 5. The molecule has 0 saturated heterocycles. The van der Waals surface area contributed by atoms with Crippen molar-refractivity contribution in [2.45, 2.75) is 6.42 Å². The number of nitrogens with zero attached hydrogens (tertiary/aromatic N) is 2. The van der Waals surface area contributed by atoms with E-state index in [0.717, 1.165) is 27.8 Å². The van der Waals surface area contributed by atoms with Gasteiger partial charge in [0.25, 0.3) is 0 Å². The molecule has 1 heterocycles. The molecule has 3 rings (SSSR count). The van der Waals surface area contributed by atoms with Crippen LogP contribution >= 0.6 is 0 Å². The number of rotatable bonds is 5. The largest absolute Gasteiger partial charge is 0.497 e. The Labute approximate surface area is 138 Å². The van der Waals surface area contributed by atoms with Gasteiger partial charge in [-0.15, -0.1) is 0 Å². The van der Waals surface area contributed by atoms with E-state index in [1.807, 2.05) is 42.5 Å². The van der Waals surface area contributed by atoms with E-state index in [0.29, 0.717) is 5.82 Å². The van der Waals surface area contributed by atoms with E-state index in [2.05, 4.69) is 20.7 Å². The summed E-state index contributed by atoms with van der Waals surface area (Å²) in [6.45, 7) is 0. The Kier molecular flexibility index (Phi) is 4.42. The molecule has 0 spiro atoms. The summed E-state index contributed by atoms with van der Waals surface area (Å²) in [6, 6.07) is 12.9. The number of aromatic amines is 1. The number of carbonyl (C=O) groups excluding carboxylic acids is 1. The first-order chi connectivity index (χ1) is 11.7. The van der Waals surface area contributed by atoms with E-state index in [1.54, 1.807) is 13.3 Å². The van der Waals surface area contributed by atoms with Crippen molar-refractivity contribution in [1.29, 1.82) is 0 Å². The monoisotopic (exact) mass is 323 g/mol. The lowest BCUT2D eigenvalue weighted by atomic mass is 10.1. The molecule has 0 atom stereocenters. The Hall–Kier alpha value is -3.35. The summed E-state index contributed by atoms with van der Waals surface area (Å²) in [5, 5.41) is 11.6. The molecule has 0 aliphatic heterocycles. The van der Waals surface area contributed by atoms with Crippen LogP contribution in [0.25, 0.3) is 10.9 Å². The number of amides is 1. The first-order valence-corrected chi connectivity index (χ1v) is 7.34. The summed E-state index contributed by atoms with van der Waals surface area (Å²) in [7, 11) is 1.59. The maximum Gasteiger partial charge on any atom is 0.244 e. The van der Waals surface area contributed by atoms with Crippen LogP contribution in [0, 0.1) is 0 Å². The van der Waals surface area contributed by atoms with Crippen LogP contribution in [-0.4, -0.2) is 29.4 Å². The number of nitrogens with one attached hydrogen (secondary N) is 2. The molecule has 0 radical (unpaired) electrons. The SMILES string of the molecule is COc1cccc(CC(=O)N/N=C/c2ccc3[nH]nc(N)c3c2)c1. The first-order valence-electron chi connectivity index (χ1n) is 7.34. The Morgan fingerprint density at radius 2 is 2.25 bits per heavy atom. The number of anilines is 1. The Balaban J connectivity index is 1.62. The van der Waals surface area contributed by atoms with E-state index in [9.17, 15) is 4.79 Å². The average molecular weight is 323 g/mol. The summed E-state index contributed by atoms with van der Waals surface area (Å²) >= 11 is 0. The highest BCUT2D eigenvalue weighted by Gasteiger charge is 2.04. The van der Waals surface area contributed by atoms with Crippen LogP contribution in [0.15, 0.2) is 47.6 Å². The van der Waals surface area contributed by atoms with Gasteiger partial charge in [-0.05, 0) is 35.4 Å². The molecule has 122 valence electrons. The average Bonchev–Trinajstić information content (AvgIpc) is 2.96.